The molecule has 1 N–H and O–H groups in total. The van der Waals surface area contributed by atoms with Gasteiger partial charge < -0.3 is 4.42 Å². The van der Waals surface area contributed by atoms with Gasteiger partial charge in [0.1, 0.15) is 0 Å². The number of nitrogens with one attached hydrogen (secondary N) is 1. The lowest BCUT2D eigenvalue weighted by molar-refractivity contribution is 0.0996. The van der Waals surface area contributed by atoms with E-state index in [0.717, 1.165) is 11.3 Å². The molecule has 0 radical (unpaired) electrons. The number of hydrogen-bond donors (Lipinski definition) is 1. The summed E-state index contributed by atoms with van der Waals surface area (Å²) in [6.07, 6.45) is 1.43. The second kappa shape index (κ2) is 5.94. The molecule has 4 aromatic rings. The van der Waals surface area contributed by atoms with E-state index in [9.17, 15) is 4.79 Å². The van der Waals surface area contributed by atoms with Crippen LogP contribution in [0.4, 0.5) is 5.95 Å². The minimum Gasteiger partial charge on any atom is -0.459 e. The number of furan rings is 1. The Balaban J connectivity index is 1.70. The second-order valence-electron chi connectivity index (χ2n) is 4.81. The minimum atomic E-state index is -0.413. The molecule has 0 spiro atoms. The maximum atomic E-state index is 12.0. The molecule has 0 atom stereocenters. The Morgan fingerprint density at radius 3 is 2.92 bits per heavy atom. The van der Waals surface area contributed by atoms with Gasteiger partial charge in [-0.3, -0.25) is 10.1 Å². The second-order valence-corrected chi connectivity index (χ2v) is 6.49. The van der Waals surface area contributed by atoms with E-state index in [4.69, 9.17) is 27.6 Å². The van der Waals surface area contributed by atoms with Crippen LogP contribution in [0.1, 0.15) is 10.6 Å². The summed E-state index contributed by atoms with van der Waals surface area (Å²) in [4.78, 5) is 16.9. The minimum absolute atomic E-state index is 0.189. The molecule has 6 nitrogen and oxygen atoms in total. The van der Waals surface area contributed by atoms with E-state index in [-0.39, 0.29) is 11.7 Å². The number of aromatic nitrogens is 3. The maximum absolute atomic E-state index is 12.0. The zero-order valence-corrected chi connectivity index (χ0v) is 14.2. The lowest BCUT2D eigenvalue weighted by Gasteiger charge is -2.02. The van der Waals surface area contributed by atoms with Crippen molar-refractivity contribution in [1.82, 2.24) is 14.6 Å². The van der Waals surface area contributed by atoms with Crippen molar-refractivity contribution < 1.29 is 9.21 Å². The third-order valence-corrected chi connectivity index (χ3v) is 4.62. The van der Waals surface area contributed by atoms with Crippen molar-refractivity contribution in [1.29, 1.82) is 0 Å². The van der Waals surface area contributed by atoms with Gasteiger partial charge in [0.15, 0.2) is 5.76 Å². The van der Waals surface area contributed by atoms with E-state index in [1.165, 1.54) is 17.6 Å². The predicted molar refractivity (Wildman–Crippen MR) is 93.0 cm³/mol. The third-order valence-electron chi connectivity index (χ3n) is 3.26. The van der Waals surface area contributed by atoms with Crippen LogP contribution in [0, 0.1) is 0 Å². The molecule has 0 unspecified atom stereocenters. The summed E-state index contributed by atoms with van der Waals surface area (Å²) in [6, 6.07) is 8.43. The highest BCUT2D eigenvalue weighted by molar-refractivity contribution is 7.15. The maximum Gasteiger partial charge on any atom is 0.293 e. The van der Waals surface area contributed by atoms with E-state index >= 15 is 0 Å². The molecule has 4 rings (SSSR count). The number of halogens is 2. The van der Waals surface area contributed by atoms with Gasteiger partial charge in [0.05, 0.1) is 17.0 Å². The number of carbonyl (C=O) groups is 1. The summed E-state index contributed by atoms with van der Waals surface area (Å²) in [5, 5.41) is 9.87. The molecule has 0 fully saturated rings. The van der Waals surface area contributed by atoms with Crippen LogP contribution in [0.3, 0.4) is 0 Å². The van der Waals surface area contributed by atoms with Crippen LogP contribution in [0.15, 0.2) is 46.4 Å². The zero-order valence-electron chi connectivity index (χ0n) is 11.9. The number of amides is 1. The quantitative estimate of drug-likeness (QED) is 0.564. The molecule has 3 heterocycles. The Labute approximate surface area is 149 Å². The number of anilines is 1. The van der Waals surface area contributed by atoms with Crippen LogP contribution in [-0.2, 0) is 0 Å². The fraction of sp³-hybridized carbons (Fsp3) is 0. The summed E-state index contributed by atoms with van der Waals surface area (Å²) < 4.78 is 6.66. The van der Waals surface area contributed by atoms with Crippen LogP contribution in [0.5, 0.6) is 0 Å². The van der Waals surface area contributed by atoms with Crippen LogP contribution >= 0.6 is 34.5 Å². The summed E-state index contributed by atoms with van der Waals surface area (Å²) in [6.45, 7) is 0. The van der Waals surface area contributed by atoms with Crippen molar-refractivity contribution in [3.8, 4) is 11.3 Å². The van der Waals surface area contributed by atoms with Crippen LogP contribution < -0.4 is 5.32 Å². The van der Waals surface area contributed by atoms with Crippen molar-refractivity contribution >= 4 is 51.4 Å². The van der Waals surface area contributed by atoms with Crippen molar-refractivity contribution in [2.45, 2.75) is 0 Å². The number of carbonyl (C=O) groups excluding carboxylic acids is 1. The van der Waals surface area contributed by atoms with Crippen molar-refractivity contribution in [3.63, 3.8) is 0 Å². The Kier molecular flexibility index (Phi) is 3.76. The average Bonchev–Trinajstić information content (AvgIpc) is 3.24. The Morgan fingerprint density at radius 2 is 2.17 bits per heavy atom. The Bertz CT molecular complexity index is 1040. The molecule has 3 aromatic heterocycles. The predicted octanol–water partition coefficient (Wildman–Crippen LogP) is 4.61. The van der Waals surface area contributed by atoms with Gasteiger partial charge in [-0.05, 0) is 30.3 Å². The largest absolute Gasteiger partial charge is 0.459 e. The molecule has 0 aliphatic rings. The third kappa shape index (κ3) is 2.66. The summed E-state index contributed by atoms with van der Waals surface area (Å²) in [5.41, 5.74) is 1.55. The molecule has 1 aromatic carbocycles. The average molecular weight is 379 g/mol. The molecule has 0 aliphatic heterocycles. The number of nitrogens with zero attached hydrogens (tertiary/aromatic N) is 3. The number of hydrogen-bond acceptors (Lipinski definition) is 5. The monoisotopic (exact) mass is 378 g/mol. The van der Waals surface area contributed by atoms with Gasteiger partial charge in [0, 0.05) is 16.0 Å². The van der Waals surface area contributed by atoms with E-state index in [2.05, 4.69) is 15.4 Å². The fourth-order valence-electron chi connectivity index (χ4n) is 2.19. The van der Waals surface area contributed by atoms with Crippen LogP contribution in [-0.4, -0.2) is 20.5 Å². The summed E-state index contributed by atoms with van der Waals surface area (Å²) in [7, 11) is 0. The Hall–Kier alpha value is -2.35. The molecule has 1 amide bonds. The molecule has 0 saturated carbocycles. The Morgan fingerprint density at radius 1 is 1.29 bits per heavy atom. The molecule has 0 bridgehead atoms. The van der Waals surface area contributed by atoms with Crippen molar-refractivity contribution in [3.05, 3.63) is 57.8 Å². The number of fused-ring (bicyclic) bond motifs is 1. The molecule has 0 saturated heterocycles. The molecular formula is C15H8Cl2N4O2S. The number of thiazole rings is 1. The molecule has 9 heteroatoms. The lowest BCUT2D eigenvalue weighted by Crippen LogP contribution is -2.12. The number of benzene rings is 1. The summed E-state index contributed by atoms with van der Waals surface area (Å²) >= 11 is 13.6. The number of rotatable bonds is 3. The van der Waals surface area contributed by atoms with E-state index in [1.54, 1.807) is 28.8 Å². The SMILES string of the molecule is O=C(Nc1nc2scc(-c3ccc(Cl)cc3Cl)n2n1)c1ccco1. The molecule has 120 valence electrons. The molecular weight excluding hydrogens is 371 g/mol. The van der Waals surface area contributed by atoms with Gasteiger partial charge >= 0.3 is 0 Å². The first-order valence-electron chi connectivity index (χ1n) is 6.76. The first-order chi connectivity index (χ1) is 11.6. The molecule has 0 aliphatic carbocycles. The zero-order chi connectivity index (χ0) is 16.7. The highest BCUT2D eigenvalue weighted by Crippen LogP contribution is 2.33. The summed E-state index contributed by atoms with van der Waals surface area (Å²) in [5.74, 6) is -0.0342. The van der Waals surface area contributed by atoms with Gasteiger partial charge in [-0.25, -0.2) is 4.52 Å². The smallest absolute Gasteiger partial charge is 0.293 e. The lowest BCUT2D eigenvalue weighted by atomic mass is 10.2. The van der Waals surface area contributed by atoms with E-state index in [0.29, 0.717) is 15.0 Å². The highest BCUT2D eigenvalue weighted by Gasteiger charge is 2.16. The van der Waals surface area contributed by atoms with Crippen LogP contribution in [0.25, 0.3) is 16.2 Å². The van der Waals surface area contributed by atoms with Crippen LogP contribution in [0.2, 0.25) is 10.0 Å². The highest BCUT2D eigenvalue weighted by atomic mass is 35.5. The standard InChI is InChI=1S/C15H8Cl2N4O2S/c16-8-3-4-9(10(17)6-8)11-7-24-15-19-14(20-21(11)15)18-13(22)12-2-1-5-23-12/h1-7H,(H,18,20,22). The van der Waals surface area contributed by atoms with E-state index in [1.807, 2.05) is 11.4 Å². The van der Waals surface area contributed by atoms with Gasteiger partial charge in [-0.15, -0.1) is 16.4 Å². The normalized spacial score (nSPS) is 11.1. The van der Waals surface area contributed by atoms with Gasteiger partial charge in [0.2, 0.25) is 4.96 Å². The van der Waals surface area contributed by atoms with Crippen molar-refractivity contribution in [2.75, 3.05) is 5.32 Å². The van der Waals surface area contributed by atoms with Gasteiger partial charge in [-0.2, -0.15) is 4.98 Å². The van der Waals surface area contributed by atoms with Crippen molar-refractivity contribution in [2.24, 2.45) is 0 Å². The molecule has 24 heavy (non-hydrogen) atoms. The first kappa shape index (κ1) is 15.2. The fourth-order valence-corrected chi connectivity index (χ4v) is 3.52. The van der Waals surface area contributed by atoms with E-state index < -0.39 is 5.91 Å². The first-order valence-corrected chi connectivity index (χ1v) is 8.40. The topological polar surface area (TPSA) is 72.4 Å². The van der Waals surface area contributed by atoms with Gasteiger partial charge in [-0.1, -0.05) is 23.2 Å². The van der Waals surface area contributed by atoms with Gasteiger partial charge in [0.25, 0.3) is 11.9 Å².